The van der Waals surface area contributed by atoms with Crippen LogP contribution in [0.3, 0.4) is 0 Å². The molecule has 0 fully saturated rings. The van der Waals surface area contributed by atoms with E-state index >= 15 is 0 Å². The number of nitrogens with one attached hydrogen (secondary N) is 1. The Morgan fingerprint density at radius 3 is 2.81 bits per heavy atom. The second-order valence-electron chi connectivity index (χ2n) is 6.85. The molecule has 0 amide bonds. The van der Waals surface area contributed by atoms with Crippen molar-refractivity contribution in [3.8, 4) is 28.8 Å². The van der Waals surface area contributed by atoms with Crippen molar-refractivity contribution in [1.82, 2.24) is 19.9 Å². The molecule has 1 atom stereocenters. The minimum Gasteiger partial charge on any atom is -0.484 e. The highest BCUT2D eigenvalue weighted by molar-refractivity contribution is 7.59. The molecule has 1 aliphatic heterocycles. The topological polar surface area (TPSA) is 112 Å². The first-order chi connectivity index (χ1) is 14.7. The fraction of sp³-hybridized carbons (Fsp3) is 0.333. The SMILES string of the molecule is COc1ncc(-c2cc(NC[C@@H](C)c3ccnc4c3OCCO4)ncn2)cc1CO.S. The third kappa shape index (κ3) is 4.97. The van der Waals surface area contributed by atoms with Gasteiger partial charge in [0.2, 0.25) is 5.88 Å². The van der Waals surface area contributed by atoms with E-state index in [1.165, 1.54) is 13.4 Å². The smallest absolute Gasteiger partial charge is 0.257 e. The summed E-state index contributed by atoms with van der Waals surface area (Å²) in [5, 5.41) is 12.9. The first-order valence-electron chi connectivity index (χ1n) is 9.64. The second-order valence-corrected chi connectivity index (χ2v) is 6.85. The van der Waals surface area contributed by atoms with Gasteiger partial charge < -0.3 is 24.6 Å². The van der Waals surface area contributed by atoms with Crippen LogP contribution in [0, 0.1) is 0 Å². The first-order valence-corrected chi connectivity index (χ1v) is 9.64. The first kappa shape index (κ1) is 22.6. The van der Waals surface area contributed by atoms with Crippen LogP contribution in [0.25, 0.3) is 11.3 Å². The van der Waals surface area contributed by atoms with Crippen molar-refractivity contribution in [2.75, 3.05) is 32.2 Å². The maximum atomic E-state index is 9.52. The summed E-state index contributed by atoms with van der Waals surface area (Å²) < 4.78 is 16.5. The number of fused-ring (bicyclic) bond motifs is 1. The highest BCUT2D eigenvalue weighted by Gasteiger charge is 2.20. The zero-order chi connectivity index (χ0) is 20.9. The number of pyridine rings is 2. The van der Waals surface area contributed by atoms with Crippen molar-refractivity contribution in [2.24, 2.45) is 0 Å². The van der Waals surface area contributed by atoms with Crippen LogP contribution in [0.5, 0.6) is 17.5 Å². The number of aromatic nitrogens is 4. The summed E-state index contributed by atoms with van der Waals surface area (Å²) in [6, 6.07) is 5.60. The summed E-state index contributed by atoms with van der Waals surface area (Å²) in [6.45, 7) is 3.60. The van der Waals surface area contributed by atoms with Crippen molar-refractivity contribution in [3.63, 3.8) is 0 Å². The van der Waals surface area contributed by atoms with Crippen molar-refractivity contribution in [2.45, 2.75) is 19.4 Å². The number of aliphatic hydroxyl groups is 1. The summed E-state index contributed by atoms with van der Waals surface area (Å²) in [4.78, 5) is 17.1. The Kier molecular flexibility index (Phi) is 7.48. The van der Waals surface area contributed by atoms with Crippen LogP contribution in [-0.2, 0) is 6.61 Å². The number of hydrogen-bond donors (Lipinski definition) is 2. The Hall–Kier alpha value is -3.11. The summed E-state index contributed by atoms with van der Waals surface area (Å²) >= 11 is 0. The lowest BCUT2D eigenvalue weighted by Crippen LogP contribution is -2.19. The van der Waals surface area contributed by atoms with Crippen LogP contribution in [0.4, 0.5) is 5.82 Å². The highest BCUT2D eigenvalue weighted by atomic mass is 32.1. The van der Waals surface area contributed by atoms with Gasteiger partial charge in [-0.05, 0) is 12.1 Å². The zero-order valence-corrected chi connectivity index (χ0v) is 18.3. The van der Waals surface area contributed by atoms with Gasteiger partial charge in [-0.3, -0.25) is 0 Å². The number of methoxy groups -OCH3 is 1. The number of nitrogens with zero attached hydrogens (tertiary/aromatic N) is 4. The summed E-state index contributed by atoms with van der Waals surface area (Å²) in [5.74, 6) is 2.48. The molecule has 0 saturated carbocycles. The molecule has 0 saturated heterocycles. The molecule has 2 N–H and O–H groups in total. The monoisotopic (exact) mass is 443 g/mol. The Labute approximate surface area is 187 Å². The van der Waals surface area contributed by atoms with E-state index < -0.39 is 0 Å². The summed E-state index contributed by atoms with van der Waals surface area (Å²) in [6.07, 6.45) is 4.89. The van der Waals surface area contributed by atoms with E-state index in [-0.39, 0.29) is 26.0 Å². The van der Waals surface area contributed by atoms with Gasteiger partial charge in [-0.25, -0.2) is 19.9 Å². The molecule has 0 bridgehead atoms. The predicted octanol–water partition coefficient (Wildman–Crippen LogP) is 2.53. The average Bonchev–Trinajstić information content (AvgIpc) is 2.81. The largest absolute Gasteiger partial charge is 0.484 e. The number of rotatable bonds is 7. The van der Waals surface area contributed by atoms with E-state index in [2.05, 4.69) is 32.2 Å². The second kappa shape index (κ2) is 10.3. The van der Waals surface area contributed by atoms with Crippen molar-refractivity contribution >= 4 is 19.3 Å². The lowest BCUT2D eigenvalue weighted by atomic mass is 10.0. The zero-order valence-electron chi connectivity index (χ0n) is 17.3. The standard InChI is InChI=1S/C21H23N5O4.H2S/c1-13(16-3-4-22-21-19(16)29-5-6-30-21)9-23-18-8-17(25-12-26-18)14-7-15(11-27)20(28-2)24-10-14;/h3-4,7-8,10,12-13,27H,5-6,9,11H2,1-2H3,(H,23,25,26);1H2/t13-;/m1./s1. The number of hydrogen-bond acceptors (Lipinski definition) is 9. The molecule has 1 aliphatic rings. The van der Waals surface area contributed by atoms with Crippen LogP contribution in [-0.4, -0.2) is 51.9 Å². The predicted molar refractivity (Wildman–Crippen MR) is 120 cm³/mol. The Morgan fingerprint density at radius 1 is 1.16 bits per heavy atom. The number of aliphatic hydroxyl groups excluding tert-OH is 1. The van der Waals surface area contributed by atoms with Crippen molar-refractivity contribution in [1.29, 1.82) is 0 Å². The molecule has 0 spiro atoms. The third-order valence-corrected chi connectivity index (χ3v) is 4.84. The molecule has 10 heteroatoms. The molecule has 4 heterocycles. The maximum Gasteiger partial charge on any atom is 0.257 e. The maximum absolute atomic E-state index is 9.52. The van der Waals surface area contributed by atoms with E-state index in [4.69, 9.17) is 14.2 Å². The highest BCUT2D eigenvalue weighted by Crippen LogP contribution is 2.35. The summed E-state index contributed by atoms with van der Waals surface area (Å²) in [5.41, 5.74) is 3.10. The minimum atomic E-state index is -0.167. The normalized spacial score (nSPS) is 13.1. The van der Waals surface area contributed by atoms with Crippen molar-refractivity contribution < 1.29 is 19.3 Å². The molecule has 9 nitrogen and oxygen atoms in total. The number of anilines is 1. The van der Waals surface area contributed by atoms with E-state index in [1.54, 1.807) is 18.5 Å². The van der Waals surface area contributed by atoms with Gasteiger partial charge in [-0.15, -0.1) is 0 Å². The Morgan fingerprint density at radius 2 is 2.00 bits per heavy atom. The average molecular weight is 444 g/mol. The molecule has 0 radical (unpaired) electrons. The van der Waals surface area contributed by atoms with Crippen LogP contribution >= 0.6 is 13.5 Å². The van der Waals surface area contributed by atoms with E-state index in [9.17, 15) is 5.11 Å². The van der Waals surface area contributed by atoms with Crippen LogP contribution in [0.2, 0.25) is 0 Å². The quantitative estimate of drug-likeness (QED) is 0.569. The van der Waals surface area contributed by atoms with E-state index in [1.807, 2.05) is 12.1 Å². The number of ether oxygens (including phenoxy) is 3. The molecular formula is C21H25N5O4S. The molecule has 3 aromatic rings. The van der Waals surface area contributed by atoms with Gasteiger partial charge in [0.05, 0.1) is 19.4 Å². The van der Waals surface area contributed by atoms with Crippen molar-refractivity contribution in [3.05, 3.63) is 48.0 Å². The van der Waals surface area contributed by atoms with Gasteiger partial charge in [0.1, 0.15) is 25.4 Å². The lowest BCUT2D eigenvalue weighted by molar-refractivity contribution is 0.162. The van der Waals surface area contributed by atoms with E-state index in [0.717, 1.165) is 11.1 Å². The molecule has 0 aliphatic carbocycles. The lowest BCUT2D eigenvalue weighted by Gasteiger charge is -2.22. The van der Waals surface area contributed by atoms with Crippen LogP contribution < -0.4 is 19.5 Å². The van der Waals surface area contributed by atoms with E-state index in [0.29, 0.717) is 54.3 Å². The molecule has 0 unspecified atom stereocenters. The minimum absolute atomic E-state index is 0. The molecule has 31 heavy (non-hydrogen) atoms. The molecule has 4 rings (SSSR count). The van der Waals surface area contributed by atoms with Gasteiger partial charge in [-0.2, -0.15) is 13.5 Å². The fourth-order valence-electron chi connectivity index (χ4n) is 3.28. The van der Waals surface area contributed by atoms with Gasteiger partial charge in [-0.1, -0.05) is 6.92 Å². The van der Waals surface area contributed by atoms with Gasteiger partial charge in [0.25, 0.3) is 5.88 Å². The third-order valence-electron chi connectivity index (χ3n) is 4.84. The van der Waals surface area contributed by atoms with Gasteiger partial charge in [0.15, 0.2) is 5.75 Å². The van der Waals surface area contributed by atoms with Gasteiger partial charge >= 0.3 is 0 Å². The van der Waals surface area contributed by atoms with Gasteiger partial charge in [0, 0.05) is 47.6 Å². The Bertz CT molecular complexity index is 1040. The van der Waals surface area contributed by atoms with Crippen LogP contribution in [0.15, 0.2) is 36.9 Å². The molecule has 164 valence electrons. The molecular weight excluding hydrogens is 418 g/mol. The van der Waals surface area contributed by atoms with Crippen LogP contribution in [0.1, 0.15) is 24.0 Å². The Balaban J connectivity index is 0.00000272. The molecule has 0 aromatic carbocycles. The fourth-order valence-corrected chi connectivity index (χ4v) is 3.28. The molecule has 3 aromatic heterocycles. The summed E-state index contributed by atoms with van der Waals surface area (Å²) in [7, 11) is 1.52.